The summed E-state index contributed by atoms with van der Waals surface area (Å²) in [5, 5.41) is 12.6. The number of anilines is 1. The molecule has 156 valence electrons. The number of amides is 1. The highest BCUT2D eigenvalue weighted by atomic mass is 79.9. The number of halogens is 2. The molecule has 5 nitrogen and oxygen atoms in total. The summed E-state index contributed by atoms with van der Waals surface area (Å²) in [5.41, 5.74) is 2.08. The summed E-state index contributed by atoms with van der Waals surface area (Å²) in [7, 11) is 1.53. The van der Waals surface area contributed by atoms with Gasteiger partial charge in [0.05, 0.1) is 7.11 Å². The Kier molecular flexibility index (Phi) is 7.71. The van der Waals surface area contributed by atoms with Crippen LogP contribution < -0.4 is 14.8 Å². The predicted octanol–water partition coefficient (Wildman–Crippen LogP) is 6.24. The molecule has 0 atom stereocenters. The van der Waals surface area contributed by atoms with Gasteiger partial charge in [0.1, 0.15) is 18.2 Å². The fourth-order valence-corrected chi connectivity index (χ4v) is 3.33. The number of nitrogens with zero attached hydrogens (tertiary/aromatic N) is 1. The fraction of sp³-hybridized carbons (Fsp3) is 0.0833. The summed E-state index contributed by atoms with van der Waals surface area (Å²) >= 11 is 9.43. The van der Waals surface area contributed by atoms with E-state index in [0.29, 0.717) is 34.4 Å². The zero-order valence-corrected chi connectivity index (χ0v) is 18.9. The van der Waals surface area contributed by atoms with Gasteiger partial charge < -0.3 is 14.8 Å². The molecule has 1 N–H and O–H groups in total. The topological polar surface area (TPSA) is 71.3 Å². The first-order valence-corrected chi connectivity index (χ1v) is 10.4. The molecule has 31 heavy (non-hydrogen) atoms. The van der Waals surface area contributed by atoms with Gasteiger partial charge in [0.15, 0.2) is 11.5 Å². The van der Waals surface area contributed by atoms with Crippen LogP contribution in [0.4, 0.5) is 5.69 Å². The monoisotopic (exact) mass is 496 g/mol. The summed E-state index contributed by atoms with van der Waals surface area (Å²) in [4.78, 5) is 12.5. The van der Waals surface area contributed by atoms with Gasteiger partial charge in [-0.1, -0.05) is 57.9 Å². The molecule has 0 aliphatic carbocycles. The van der Waals surface area contributed by atoms with Crippen LogP contribution in [0.25, 0.3) is 6.08 Å². The van der Waals surface area contributed by atoms with E-state index in [1.165, 1.54) is 13.2 Å². The SMILES string of the molecule is COc1cc(/C=C(\C#N)C(=O)Nc2cccc(Cl)c2)ccc1OCc1ccccc1Br. The van der Waals surface area contributed by atoms with Crippen molar-refractivity contribution in [3.8, 4) is 17.6 Å². The lowest BCUT2D eigenvalue weighted by Crippen LogP contribution is -2.13. The Morgan fingerprint density at radius 3 is 2.65 bits per heavy atom. The van der Waals surface area contributed by atoms with Crippen molar-refractivity contribution in [2.24, 2.45) is 0 Å². The lowest BCUT2D eigenvalue weighted by Gasteiger charge is -2.12. The number of hydrogen-bond acceptors (Lipinski definition) is 4. The van der Waals surface area contributed by atoms with Crippen molar-refractivity contribution in [3.63, 3.8) is 0 Å². The van der Waals surface area contributed by atoms with Gasteiger partial charge in [-0.25, -0.2) is 0 Å². The molecule has 0 fully saturated rings. The van der Waals surface area contributed by atoms with E-state index >= 15 is 0 Å². The minimum atomic E-state index is -0.530. The number of carbonyl (C=O) groups is 1. The molecule has 0 aliphatic rings. The molecule has 3 aromatic carbocycles. The van der Waals surface area contributed by atoms with Crippen LogP contribution in [-0.4, -0.2) is 13.0 Å². The lowest BCUT2D eigenvalue weighted by molar-refractivity contribution is -0.112. The van der Waals surface area contributed by atoms with Gasteiger partial charge in [-0.3, -0.25) is 4.79 Å². The van der Waals surface area contributed by atoms with Gasteiger partial charge >= 0.3 is 0 Å². The number of ether oxygens (including phenoxy) is 2. The van der Waals surface area contributed by atoms with E-state index in [9.17, 15) is 10.1 Å². The molecule has 0 spiro atoms. The number of carbonyl (C=O) groups excluding carboxylic acids is 1. The van der Waals surface area contributed by atoms with Gasteiger partial charge in [-0.05, 0) is 48.0 Å². The molecule has 0 saturated carbocycles. The van der Waals surface area contributed by atoms with Crippen LogP contribution in [0.3, 0.4) is 0 Å². The summed E-state index contributed by atoms with van der Waals surface area (Å²) in [6, 6.07) is 21.6. The molecule has 0 aliphatic heterocycles. The lowest BCUT2D eigenvalue weighted by atomic mass is 10.1. The van der Waals surface area contributed by atoms with E-state index in [1.54, 1.807) is 42.5 Å². The smallest absolute Gasteiger partial charge is 0.266 e. The Morgan fingerprint density at radius 2 is 1.94 bits per heavy atom. The van der Waals surface area contributed by atoms with Crippen molar-refractivity contribution < 1.29 is 14.3 Å². The van der Waals surface area contributed by atoms with Crippen molar-refractivity contribution in [2.45, 2.75) is 6.61 Å². The second kappa shape index (κ2) is 10.7. The maximum Gasteiger partial charge on any atom is 0.266 e. The maximum absolute atomic E-state index is 12.5. The van der Waals surface area contributed by atoms with E-state index in [0.717, 1.165) is 10.0 Å². The van der Waals surface area contributed by atoms with Crippen LogP contribution in [0, 0.1) is 11.3 Å². The number of benzene rings is 3. The fourth-order valence-electron chi connectivity index (χ4n) is 2.74. The molecule has 3 rings (SSSR count). The summed E-state index contributed by atoms with van der Waals surface area (Å²) < 4.78 is 12.3. The van der Waals surface area contributed by atoms with Crippen molar-refractivity contribution in [3.05, 3.63) is 92.9 Å². The Balaban J connectivity index is 1.76. The van der Waals surface area contributed by atoms with Crippen LogP contribution in [0.5, 0.6) is 11.5 Å². The first-order chi connectivity index (χ1) is 15.0. The van der Waals surface area contributed by atoms with Crippen molar-refractivity contribution >= 4 is 45.2 Å². The minimum Gasteiger partial charge on any atom is -0.493 e. The Bertz CT molecular complexity index is 1170. The third-order valence-corrected chi connectivity index (χ3v) is 5.30. The molecule has 0 bridgehead atoms. The van der Waals surface area contributed by atoms with E-state index in [1.807, 2.05) is 30.3 Å². The van der Waals surface area contributed by atoms with Crippen molar-refractivity contribution in [1.29, 1.82) is 5.26 Å². The van der Waals surface area contributed by atoms with Crippen LogP contribution in [0.15, 0.2) is 76.8 Å². The van der Waals surface area contributed by atoms with Gasteiger partial charge in [-0.15, -0.1) is 0 Å². The summed E-state index contributed by atoms with van der Waals surface area (Å²) in [6.45, 7) is 0.360. The zero-order chi connectivity index (χ0) is 22.2. The second-order valence-electron chi connectivity index (χ2n) is 6.42. The number of hydrogen-bond donors (Lipinski definition) is 1. The van der Waals surface area contributed by atoms with Crippen LogP contribution in [0.1, 0.15) is 11.1 Å². The highest BCUT2D eigenvalue weighted by Gasteiger charge is 2.12. The normalized spacial score (nSPS) is 10.8. The minimum absolute atomic E-state index is 0.0519. The molecule has 0 unspecified atom stereocenters. The molecule has 0 heterocycles. The van der Waals surface area contributed by atoms with Crippen LogP contribution >= 0.6 is 27.5 Å². The molecule has 1 amide bonds. The molecule has 7 heteroatoms. The standard InChI is InChI=1S/C24H18BrClN2O3/c1-30-23-12-16(9-10-22(23)31-15-17-5-2-3-8-21(17)25)11-18(14-27)24(29)28-20-7-4-6-19(26)13-20/h2-13H,15H2,1H3,(H,28,29)/b18-11+. The highest BCUT2D eigenvalue weighted by Crippen LogP contribution is 2.30. The highest BCUT2D eigenvalue weighted by molar-refractivity contribution is 9.10. The molecule has 0 aromatic heterocycles. The van der Waals surface area contributed by atoms with Crippen molar-refractivity contribution in [1.82, 2.24) is 0 Å². The largest absolute Gasteiger partial charge is 0.493 e. The Morgan fingerprint density at radius 1 is 1.13 bits per heavy atom. The summed E-state index contributed by atoms with van der Waals surface area (Å²) in [6.07, 6.45) is 1.49. The first kappa shape index (κ1) is 22.4. The molecule has 0 saturated heterocycles. The van der Waals surface area contributed by atoms with Gasteiger partial charge in [-0.2, -0.15) is 5.26 Å². The average molecular weight is 498 g/mol. The second-order valence-corrected chi connectivity index (χ2v) is 7.72. The summed E-state index contributed by atoms with van der Waals surface area (Å²) in [5.74, 6) is 0.517. The van der Waals surface area contributed by atoms with E-state index < -0.39 is 5.91 Å². The quantitative estimate of drug-likeness (QED) is 0.310. The Hall–Kier alpha value is -3.27. The number of methoxy groups -OCH3 is 1. The molecular formula is C24H18BrClN2O3. The molecular weight excluding hydrogens is 480 g/mol. The van der Waals surface area contributed by atoms with E-state index in [-0.39, 0.29) is 5.57 Å². The molecule has 3 aromatic rings. The average Bonchev–Trinajstić information content (AvgIpc) is 2.77. The predicted molar refractivity (Wildman–Crippen MR) is 125 cm³/mol. The Labute approximate surface area is 194 Å². The van der Waals surface area contributed by atoms with E-state index in [4.69, 9.17) is 21.1 Å². The molecule has 0 radical (unpaired) electrons. The van der Waals surface area contributed by atoms with Gasteiger partial charge in [0.2, 0.25) is 0 Å². The first-order valence-electron chi connectivity index (χ1n) is 9.23. The third-order valence-electron chi connectivity index (χ3n) is 4.29. The van der Waals surface area contributed by atoms with Crippen LogP contribution in [0.2, 0.25) is 5.02 Å². The van der Waals surface area contributed by atoms with Crippen LogP contribution in [-0.2, 0) is 11.4 Å². The number of nitriles is 1. The number of nitrogens with one attached hydrogen (secondary N) is 1. The third kappa shape index (κ3) is 6.11. The van der Waals surface area contributed by atoms with E-state index in [2.05, 4.69) is 21.2 Å². The number of rotatable bonds is 7. The van der Waals surface area contributed by atoms with Gasteiger partial charge in [0, 0.05) is 20.7 Å². The zero-order valence-electron chi connectivity index (χ0n) is 16.6. The van der Waals surface area contributed by atoms with Crippen molar-refractivity contribution in [2.75, 3.05) is 12.4 Å². The maximum atomic E-state index is 12.5. The van der Waals surface area contributed by atoms with Gasteiger partial charge in [0.25, 0.3) is 5.91 Å².